The van der Waals surface area contributed by atoms with Crippen LogP contribution in [0.25, 0.3) is 0 Å². The molecule has 0 aliphatic carbocycles. The summed E-state index contributed by atoms with van der Waals surface area (Å²) in [5.41, 5.74) is 6.50. The van der Waals surface area contributed by atoms with Gasteiger partial charge in [-0.25, -0.2) is 4.39 Å². The lowest BCUT2D eigenvalue weighted by Crippen LogP contribution is -2.41. The normalized spacial score (nSPS) is 14.0. The minimum absolute atomic E-state index is 0.194. The van der Waals surface area contributed by atoms with Crippen LogP contribution in [0, 0.1) is 5.82 Å². The largest absolute Gasteiger partial charge is 0.348 e. The highest BCUT2D eigenvalue weighted by Gasteiger charge is 2.16. The van der Waals surface area contributed by atoms with Crippen molar-refractivity contribution in [2.75, 3.05) is 12.0 Å². The summed E-state index contributed by atoms with van der Waals surface area (Å²) in [6, 6.07) is 5.45. The van der Waals surface area contributed by atoms with E-state index in [1.807, 2.05) is 13.2 Å². The number of carbonyl (C=O) groups is 1. The Morgan fingerprint density at radius 3 is 2.89 bits per heavy atom. The Morgan fingerprint density at radius 1 is 1.56 bits per heavy atom. The number of nitrogens with two attached hydrogens (primary N) is 1. The number of rotatable bonds is 6. The molecule has 0 saturated carbocycles. The van der Waals surface area contributed by atoms with Crippen molar-refractivity contribution in [3.8, 4) is 0 Å². The van der Waals surface area contributed by atoms with Gasteiger partial charge in [-0.1, -0.05) is 12.1 Å². The van der Waals surface area contributed by atoms with Crippen LogP contribution in [-0.4, -0.2) is 24.0 Å². The Hall–Kier alpha value is -1.07. The minimum atomic E-state index is -0.506. The van der Waals surface area contributed by atoms with E-state index in [4.69, 9.17) is 5.73 Å². The maximum Gasteiger partial charge on any atom is 0.237 e. The first-order chi connectivity index (χ1) is 8.54. The molecule has 0 fully saturated rings. The molecule has 0 spiro atoms. The summed E-state index contributed by atoms with van der Waals surface area (Å²) in [7, 11) is 0. The molecule has 0 bridgehead atoms. The molecule has 3 N–H and O–H groups in total. The summed E-state index contributed by atoms with van der Waals surface area (Å²) in [6.07, 6.45) is 2.61. The van der Waals surface area contributed by atoms with Gasteiger partial charge in [0, 0.05) is 0 Å². The molecule has 1 aromatic carbocycles. The molecule has 0 saturated heterocycles. The molecule has 100 valence electrons. The number of thioether (sulfide) groups is 1. The molecule has 1 amide bonds. The fourth-order valence-corrected chi connectivity index (χ4v) is 2.05. The van der Waals surface area contributed by atoms with Crippen molar-refractivity contribution in [1.29, 1.82) is 0 Å². The van der Waals surface area contributed by atoms with Crippen LogP contribution in [0.1, 0.15) is 24.9 Å². The van der Waals surface area contributed by atoms with Crippen molar-refractivity contribution < 1.29 is 9.18 Å². The van der Waals surface area contributed by atoms with Gasteiger partial charge >= 0.3 is 0 Å². The van der Waals surface area contributed by atoms with Gasteiger partial charge < -0.3 is 11.1 Å². The Bertz CT molecular complexity index is 400. The van der Waals surface area contributed by atoms with Gasteiger partial charge in [0.05, 0.1) is 12.1 Å². The second kappa shape index (κ2) is 7.38. The second-order valence-corrected chi connectivity index (χ2v) is 5.16. The first-order valence-electron chi connectivity index (χ1n) is 5.85. The van der Waals surface area contributed by atoms with Crippen molar-refractivity contribution in [3.05, 3.63) is 35.6 Å². The van der Waals surface area contributed by atoms with Crippen LogP contribution in [0.3, 0.4) is 0 Å². The number of halogens is 1. The highest BCUT2D eigenvalue weighted by molar-refractivity contribution is 7.98. The summed E-state index contributed by atoms with van der Waals surface area (Å²) >= 11 is 1.65. The molecule has 5 heteroatoms. The van der Waals surface area contributed by atoms with Crippen LogP contribution in [0.15, 0.2) is 24.3 Å². The Kier molecular flexibility index (Phi) is 6.15. The fourth-order valence-electron chi connectivity index (χ4n) is 1.56. The molecule has 0 aliphatic heterocycles. The van der Waals surface area contributed by atoms with Gasteiger partial charge in [0.1, 0.15) is 5.82 Å². The molecule has 3 nitrogen and oxygen atoms in total. The zero-order valence-corrected chi connectivity index (χ0v) is 11.5. The fraction of sp³-hybridized carbons (Fsp3) is 0.462. The molecule has 18 heavy (non-hydrogen) atoms. The van der Waals surface area contributed by atoms with Crippen LogP contribution in [0.5, 0.6) is 0 Å². The summed E-state index contributed by atoms with van der Waals surface area (Å²) in [4.78, 5) is 11.8. The SMILES string of the molecule is CSCC[C@H](N)C(=O)N[C@@H](C)c1cccc(F)c1. The standard InChI is InChI=1S/C13H19FN2OS/c1-9(10-4-3-5-11(14)8-10)16-13(17)12(15)6-7-18-2/h3-5,8-9,12H,6-7,15H2,1-2H3,(H,16,17)/t9-,12-/m0/s1. The van der Waals surface area contributed by atoms with E-state index in [-0.39, 0.29) is 17.8 Å². The highest BCUT2D eigenvalue weighted by Crippen LogP contribution is 2.13. The van der Waals surface area contributed by atoms with E-state index in [0.717, 1.165) is 11.3 Å². The quantitative estimate of drug-likeness (QED) is 0.832. The molecular formula is C13H19FN2OS. The van der Waals surface area contributed by atoms with Crippen molar-refractivity contribution in [3.63, 3.8) is 0 Å². The van der Waals surface area contributed by atoms with Gasteiger partial charge in [-0.05, 0) is 43.0 Å². The molecule has 0 unspecified atom stereocenters. The maximum absolute atomic E-state index is 13.0. The van der Waals surface area contributed by atoms with Gasteiger partial charge in [0.25, 0.3) is 0 Å². The number of benzene rings is 1. The van der Waals surface area contributed by atoms with Crippen molar-refractivity contribution in [2.24, 2.45) is 5.73 Å². The lowest BCUT2D eigenvalue weighted by Gasteiger charge is -2.17. The van der Waals surface area contributed by atoms with E-state index in [9.17, 15) is 9.18 Å². The van der Waals surface area contributed by atoms with E-state index < -0.39 is 6.04 Å². The third kappa shape index (κ3) is 4.66. The average molecular weight is 270 g/mol. The lowest BCUT2D eigenvalue weighted by atomic mass is 10.1. The van der Waals surface area contributed by atoms with Crippen LogP contribution in [0.4, 0.5) is 4.39 Å². The molecule has 2 atom stereocenters. The van der Waals surface area contributed by atoms with Gasteiger partial charge in [0.2, 0.25) is 5.91 Å². The number of carbonyl (C=O) groups excluding carboxylic acids is 1. The van der Waals surface area contributed by atoms with Gasteiger partial charge in [-0.15, -0.1) is 0 Å². The van der Waals surface area contributed by atoms with Crippen molar-refractivity contribution in [2.45, 2.75) is 25.4 Å². The molecule has 0 radical (unpaired) electrons. The predicted octanol–water partition coefficient (Wildman–Crippen LogP) is 2.08. The summed E-state index contributed by atoms with van der Waals surface area (Å²) < 4.78 is 13.0. The second-order valence-electron chi connectivity index (χ2n) is 4.17. The number of hydrogen-bond acceptors (Lipinski definition) is 3. The molecule has 1 aromatic rings. The Labute approximate surface area is 111 Å². The summed E-state index contributed by atoms with van der Waals surface area (Å²) in [5.74, 6) is 0.351. The van der Waals surface area contributed by atoms with E-state index in [1.54, 1.807) is 23.9 Å². The van der Waals surface area contributed by atoms with Gasteiger partial charge in [-0.3, -0.25) is 4.79 Å². The predicted molar refractivity (Wildman–Crippen MR) is 73.9 cm³/mol. The first kappa shape index (κ1) is 15.0. The van der Waals surface area contributed by atoms with Crippen LogP contribution >= 0.6 is 11.8 Å². The molecule has 1 rings (SSSR count). The third-order valence-electron chi connectivity index (χ3n) is 2.68. The number of nitrogens with one attached hydrogen (secondary N) is 1. The van der Waals surface area contributed by atoms with E-state index in [1.165, 1.54) is 12.1 Å². The van der Waals surface area contributed by atoms with Crippen LogP contribution in [-0.2, 0) is 4.79 Å². The lowest BCUT2D eigenvalue weighted by molar-refractivity contribution is -0.123. The molecular weight excluding hydrogens is 251 g/mol. The number of amides is 1. The van der Waals surface area contributed by atoms with Gasteiger partial charge in [-0.2, -0.15) is 11.8 Å². The third-order valence-corrected chi connectivity index (χ3v) is 3.32. The van der Waals surface area contributed by atoms with E-state index in [0.29, 0.717) is 6.42 Å². The number of hydrogen-bond donors (Lipinski definition) is 2. The van der Waals surface area contributed by atoms with E-state index in [2.05, 4.69) is 5.32 Å². The molecule has 0 aromatic heterocycles. The summed E-state index contributed by atoms with van der Waals surface area (Å²) in [6.45, 7) is 1.81. The first-order valence-corrected chi connectivity index (χ1v) is 7.24. The zero-order chi connectivity index (χ0) is 13.5. The summed E-state index contributed by atoms with van der Waals surface area (Å²) in [5, 5.41) is 2.79. The minimum Gasteiger partial charge on any atom is -0.348 e. The zero-order valence-electron chi connectivity index (χ0n) is 10.7. The smallest absolute Gasteiger partial charge is 0.237 e. The highest BCUT2D eigenvalue weighted by atomic mass is 32.2. The van der Waals surface area contributed by atoms with Crippen molar-refractivity contribution >= 4 is 17.7 Å². The van der Waals surface area contributed by atoms with Crippen LogP contribution < -0.4 is 11.1 Å². The van der Waals surface area contributed by atoms with Crippen LogP contribution in [0.2, 0.25) is 0 Å². The van der Waals surface area contributed by atoms with Crippen molar-refractivity contribution in [1.82, 2.24) is 5.32 Å². The maximum atomic E-state index is 13.0. The monoisotopic (exact) mass is 270 g/mol. The molecule has 0 heterocycles. The Morgan fingerprint density at radius 2 is 2.28 bits per heavy atom. The van der Waals surface area contributed by atoms with E-state index >= 15 is 0 Å². The topological polar surface area (TPSA) is 55.1 Å². The average Bonchev–Trinajstić information content (AvgIpc) is 2.35. The Balaban J connectivity index is 2.54. The van der Waals surface area contributed by atoms with Gasteiger partial charge in [0.15, 0.2) is 0 Å². The molecule has 0 aliphatic rings.